The van der Waals surface area contributed by atoms with Crippen LogP contribution in [0.3, 0.4) is 0 Å². The van der Waals surface area contributed by atoms with Crippen LogP contribution in [-0.4, -0.2) is 49.8 Å². The van der Waals surface area contributed by atoms with Crippen molar-refractivity contribution >= 4 is 16.0 Å². The summed E-state index contributed by atoms with van der Waals surface area (Å²) in [5, 5.41) is 0. The summed E-state index contributed by atoms with van der Waals surface area (Å²) in [7, 11) is -3.40. The van der Waals surface area contributed by atoms with Gasteiger partial charge >= 0.3 is 0 Å². The van der Waals surface area contributed by atoms with E-state index in [0.29, 0.717) is 36.4 Å². The van der Waals surface area contributed by atoms with Crippen LogP contribution < -0.4 is 5.73 Å². The van der Waals surface area contributed by atoms with Crippen LogP contribution in [0.15, 0.2) is 34.2 Å². The number of benzene rings is 1. The molecule has 2 aliphatic heterocycles. The molecule has 2 fully saturated rings. The van der Waals surface area contributed by atoms with Crippen LogP contribution in [0.1, 0.15) is 44.6 Å². The van der Waals surface area contributed by atoms with Gasteiger partial charge in [0.05, 0.1) is 11.4 Å². The number of rotatable bonds is 4. The first-order valence-corrected chi connectivity index (χ1v) is 11.0. The van der Waals surface area contributed by atoms with E-state index in [9.17, 15) is 8.42 Å². The molecule has 2 aliphatic rings. The molecular weight excluding hydrogens is 348 g/mol. The largest absolute Gasteiger partial charge is 0.370 e. The first-order valence-electron chi connectivity index (χ1n) is 9.61. The summed E-state index contributed by atoms with van der Waals surface area (Å²) in [6.07, 6.45) is 5.62. The molecule has 7 heteroatoms. The Morgan fingerprint density at radius 3 is 2.46 bits per heavy atom. The van der Waals surface area contributed by atoms with Gasteiger partial charge in [-0.2, -0.15) is 4.31 Å². The Labute approximate surface area is 157 Å². The number of nitrogens with two attached hydrogens (primary N) is 1. The lowest BCUT2D eigenvalue weighted by molar-refractivity contribution is 0.281. The van der Waals surface area contributed by atoms with E-state index in [4.69, 9.17) is 5.73 Å². The van der Waals surface area contributed by atoms with E-state index in [-0.39, 0.29) is 0 Å². The van der Waals surface area contributed by atoms with E-state index >= 15 is 0 Å². The number of hydrogen-bond acceptors (Lipinski definition) is 3. The molecule has 1 aromatic carbocycles. The van der Waals surface area contributed by atoms with Gasteiger partial charge in [0.1, 0.15) is 0 Å². The fourth-order valence-corrected chi connectivity index (χ4v) is 5.27. The third-order valence-corrected chi connectivity index (χ3v) is 7.16. The Morgan fingerprint density at radius 1 is 1.12 bits per heavy atom. The first-order chi connectivity index (χ1) is 12.5. The third kappa shape index (κ3) is 4.57. The molecule has 144 valence electrons. The molecule has 1 unspecified atom stereocenters. The van der Waals surface area contributed by atoms with Gasteiger partial charge in [-0.3, -0.25) is 0 Å². The van der Waals surface area contributed by atoms with Gasteiger partial charge in [0.15, 0.2) is 5.96 Å². The summed E-state index contributed by atoms with van der Waals surface area (Å²) in [4.78, 5) is 6.96. The summed E-state index contributed by atoms with van der Waals surface area (Å²) in [5.74, 6) is 1.01. The number of guanidine groups is 1. The lowest BCUT2D eigenvalue weighted by atomic mass is 10.0. The number of aliphatic imine (C=N–C) groups is 1. The normalized spacial score (nSPS) is 23.2. The predicted molar refractivity (Wildman–Crippen MR) is 104 cm³/mol. The molecule has 2 saturated heterocycles. The fourth-order valence-electron chi connectivity index (χ4n) is 3.68. The molecule has 0 bridgehead atoms. The monoisotopic (exact) mass is 378 g/mol. The van der Waals surface area contributed by atoms with Crippen molar-refractivity contribution in [2.24, 2.45) is 16.6 Å². The number of hydrogen-bond donors (Lipinski definition) is 1. The summed E-state index contributed by atoms with van der Waals surface area (Å²) in [6, 6.07) is 7.06. The third-order valence-electron chi connectivity index (χ3n) is 5.28. The topological polar surface area (TPSA) is 79.0 Å². The Morgan fingerprint density at radius 2 is 1.81 bits per heavy atom. The molecule has 2 heterocycles. The Balaban J connectivity index is 1.64. The maximum atomic E-state index is 12.8. The number of sulfonamides is 1. The Hall–Kier alpha value is -1.60. The lowest BCUT2D eigenvalue weighted by Crippen LogP contribution is -2.40. The summed E-state index contributed by atoms with van der Waals surface area (Å²) < 4.78 is 27.2. The second kappa shape index (κ2) is 8.39. The average Bonchev–Trinajstić information content (AvgIpc) is 2.67. The predicted octanol–water partition coefficient (Wildman–Crippen LogP) is 2.41. The second-order valence-corrected chi connectivity index (χ2v) is 9.41. The maximum Gasteiger partial charge on any atom is 0.243 e. The Bertz CT molecular complexity index is 724. The zero-order valence-electron chi connectivity index (χ0n) is 15.6. The summed E-state index contributed by atoms with van der Waals surface area (Å²) in [5.41, 5.74) is 7.05. The maximum absolute atomic E-state index is 12.8. The van der Waals surface area contributed by atoms with Gasteiger partial charge in [0.25, 0.3) is 0 Å². The molecular formula is C19H30N4O2S. The highest BCUT2D eigenvalue weighted by atomic mass is 32.2. The smallest absolute Gasteiger partial charge is 0.243 e. The molecule has 0 aromatic heterocycles. The van der Waals surface area contributed by atoms with Crippen molar-refractivity contribution < 1.29 is 8.42 Å². The highest BCUT2D eigenvalue weighted by Crippen LogP contribution is 2.23. The van der Waals surface area contributed by atoms with E-state index in [0.717, 1.165) is 44.3 Å². The molecule has 0 spiro atoms. The molecule has 3 rings (SSSR count). The van der Waals surface area contributed by atoms with E-state index in [1.54, 1.807) is 16.4 Å². The highest BCUT2D eigenvalue weighted by Gasteiger charge is 2.28. The van der Waals surface area contributed by atoms with Crippen LogP contribution in [0.4, 0.5) is 0 Å². The number of nitrogens with zero attached hydrogens (tertiary/aromatic N) is 3. The van der Waals surface area contributed by atoms with E-state index in [1.165, 1.54) is 6.42 Å². The molecule has 2 N–H and O–H groups in total. The van der Waals surface area contributed by atoms with Crippen molar-refractivity contribution in [2.45, 2.75) is 50.5 Å². The standard InChI is InChI=1S/C19H30N4O2S/c1-16-6-5-13-23(15-16)26(24,25)18-9-7-17(8-10-18)14-21-19(20)22-11-3-2-4-12-22/h7-10,16H,2-6,11-15H2,1H3,(H2,20,21). The van der Waals surface area contributed by atoms with Crippen molar-refractivity contribution in [1.29, 1.82) is 0 Å². The van der Waals surface area contributed by atoms with Gasteiger partial charge in [-0.15, -0.1) is 0 Å². The average molecular weight is 379 g/mol. The summed E-state index contributed by atoms with van der Waals surface area (Å²) in [6.45, 7) is 5.76. The molecule has 26 heavy (non-hydrogen) atoms. The van der Waals surface area contributed by atoms with Gasteiger partial charge in [0, 0.05) is 26.2 Å². The number of likely N-dealkylation sites (tertiary alicyclic amines) is 1. The molecule has 1 aromatic rings. The van der Waals surface area contributed by atoms with Gasteiger partial charge in [-0.05, 0) is 55.7 Å². The minimum Gasteiger partial charge on any atom is -0.370 e. The zero-order chi connectivity index (χ0) is 18.6. The van der Waals surface area contributed by atoms with Crippen LogP contribution in [-0.2, 0) is 16.6 Å². The quantitative estimate of drug-likeness (QED) is 0.645. The Kier molecular flexibility index (Phi) is 6.19. The van der Waals surface area contributed by atoms with Crippen molar-refractivity contribution in [3.8, 4) is 0 Å². The van der Waals surface area contributed by atoms with Crippen LogP contribution >= 0.6 is 0 Å². The molecule has 6 nitrogen and oxygen atoms in total. The molecule has 1 atom stereocenters. The van der Waals surface area contributed by atoms with Gasteiger partial charge in [-0.1, -0.05) is 19.1 Å². The fraction of sp³-hybridized carbons (Fsp3) is 0.632. The first kappa shape index (κ1) is 19.2. The van der Waals surface area contributed by atoms with Gasteiger partial charge < -0.3 is 10.6 Å². The minimum atomic E-state index is -3.40. The van der Waals surface area contributed by atoms with E-state index in [2.05, 4.69) is 16.8 Å². The van der Waals surface area contributed by atoms with Crippen molar-refractivity contribution in [1.82, 2.24) is 9.21 Å². The van der Waals surface area contributed by atoms with Crippen LogP contribution in [0.25, 0.3) is 0 Å². The lowest BCUT2D eigenvalue weighted by Gasteiger charge is -2.30. The van der Waals surface area contributed by atoms with Crippen molar-refractivity contribution in [2.75, 3.05) is 26.2 Å². The molecule has 0 amide bonds. The SMILES string of the molecule is CC1CCCN(S(=O)(=O)c2ccc(CN=C(N)N3CCCCC3)cc2)C1. The van der Waals surface area contributed by atoms with Crippen LogP contribution in [0.5, 0.6) is 0 Å². The van der Waals surface area contributed by atoms with Gasteiger partial charge in [0.2, 0.25) is 10.0 Å². The molecule has 0 radical (unpaired) electrons. The summed E-state index contributed by atoms with van der Waals surface area (Å²) >= 11 is 0. The van der Waals surface area contributed by atoms with E-state index in [1.807, 2.05) is 12.1 Å². The highest BCUT2D eigenvalue weighted by molar-refractivity contribution is 7.89. The minimum absolute atomic E-state index is 0.364. The van der Waals surface area contributed by atoms with Gasteiger partial charge in [-0.25, -0.2) is 13.4 Å². The number of piperidine rings is 2. The van der Waals surface area contributed by atoms with Crippen molar-refractivity contribution in [3.63, 3.8) is 0 Å². The molecule has 0 saturated carbocycles. The molecule has 0 aliphatic carbocycles. The van der Waals surface area contributed by atoms with Crippen LogP contribution in [0, 0.1) is 5.92 Å². The van der Waals surface area contributed by atoms with Crippen molar-refractivity contribution in [3.05, 3.63) is 29.8 Å². The van der Waals surface area contributed by atoms with E-state index < -0.39 is 10.0 Å². The van der Waals surface area contributed by atoms with Crippen LogP contribution in [0.2, 0.25) is 0 Å². The second-order valence-electron chi connectivity index (χ2n) is 7.48. The zero-order valence-corrected chi connectivity index (χ0v) is 16.4.